The molecule has 4 atom stereocenters. The summed E-state index contributed by atoms with van der Waals surface area (Å²) in [6.45, 7) is 7.01. The van der Waals surface area contributed by atoms with Crippen LogP contribution in [-0.2, 0) is 9.53 Å². The van der Waals surface area contributed by atoms with Crippen LogP contribution in [0, 0.1) is 17.8 Å². The van der Waals surface area contributed by atoms with Gasteiger partial charge in [0.25, 0.3) is 0 Å². The average Bonchev–Trinajstić information content (AvgIpc) is 2.30. The standard InChI is InChI=1S/C14H27NO2/c1-4-5-12(9-15)14(16)17-13-7-6-10(2)11(3)8-13/h10-13H,4-9,15H2,1-3H3. The highest BCUT2D eigenvalue weighted by molar-refractivity contribution is 5.72. The smallest absolute Gasteiger partial charge is 0.310 e. The second-order valence-corrected chi connectivity index (χ2v) is 5.55. The van der Waals surface area contributed by atoms with E-state index in [0.29, 0.717) is 12.5 Å². The molecule has 0 radical (unpaired) electrons. The minimum absolute atomic E-state index is 0.0823. The molecule has 0 bridgehead atoms. The van der Waals surface area contributed by atoms with Crippen LogP contribution in [0.4, 0.5) is 0 Å². The Bertz CT molecular complexity index is 242. The Morgan fingerprint density at radius 2 is 2.06 bits per heavy atom. The zero-order chi connectivity index (χ0) is 12.8. The molecular weight excluding hydrogens is 214 g/mol. The molecule has 17 heavy (non-hydrogen) atoms. The van der Waals surface area contributed by atoms with E-state index >= 15 is 0 Å². The average molecular weight is 241 g/mol. The molecule has 0 heterocycles. The van der Waals surface area contributed by atoms with Crippen LogP contribution in [0.1, 0.15) is 52.9 Å². The van der Waals surface area contributed by atoms with Gasteiger partial charge in [0.05, 0.1) is 5.92 Å². The number of hydrogen-bond donors (Lipinski definition) is 1. The van der Waals surface area contributed by atoms with Gasteiger partial charge in [0.1, 0.15) is 6.10 Å². The first-order valence-corrected chi connectivity index (χ1v) is 6.99. The zero-order valence-electron chi connectivity index (χ0n) is 11.4. The monoisotopic (exact) mass is 241 g/mol. The number of hydrogen-bond acceptors (Lipinski definition) is 3. The molecule has 3 nitrogen and oxygen atoms in total. The highest BCUT2D eigenvalue weighted by Crippen LogP contribution is 2.31. The molecule has 3 heteroatoms. The maximum Gasteiger partial charge on any atom is 0.310 e. The third kappa shape index (κ3) is 4.30. The molecule has 0 spiro atoms. The van der Waals surface area contributed by atoms with Crippen molar-refractivity contribution in [2.45, 2.75) is 59.0 Å². The van der Waals surface area contributed by atoms with Gasteiger partial charge in [-0.25, -0.2) is 0 Å². The van der Waals surface area contributed by atoms with Crippen LogP contribution in [0.3, 0.4) is 0 Å². The van der Waals surface area contributed by atoms with E-state index in [1.165, 1.54) is 6.42 Å². The van der Waals surface area contributed by atoms with Crippen LogP contribution >= 0.6 is 0 Å². The van der Waals surface area contributed by atoms with Crippen LogP contribution in [0.25, 0.3) is 0 Å². The van der Waals surface area contributed by atoms with Crippen molar-refractivity contribution in [3.05, 3.63) is 0 Å². The van der Waals surface area contributed by atoms with Gasteiger partial charge in [0.15, 0.2) is 0 Å². The summed E-state index contributed by atoms with van der Waals surface area (Å²) < 4.78 is 5.60. The van der Waals surface area contributed by atoms with Crippen molar-refractivity contribution in [3.63, 3.8) is 0 Å². The van der Waals surface area contributed by atoms with Crippen molar-refractivity contribution in [2.24, 2.45) is 23.5 Å². The zero-order valence-corrected chi connectivity index (χ0v) is 11.4. The molecule has 0 saturated heterocycles. The topological polar surface area (TPSA) is 52.3 Å². The molecule has 4 unspecified atom stereocenters. The summed E-state index contributed by atoms with van der Waals surface area (Å²) in [7, 11) is 0. The lowest BCUT2D eigenvalue weighted by molar-refractivity contribution is -0.156. The largest absolute Gasteiger partial charge is 0.462 e. The van der Waals surface area contributed by atoms with Gasteiger partial charge in [-0.3, -0.25) is 4.79 Å². The molecule has 1 fully saturated rings. The first kappa shape index (κ1) is 14.5. The highest BCUT2D eigenvalue weighted by Gasteiger charge is 2.28. The summed E-state index contributed by atoms with van der Waals surface area (Å²) in [6, 6.07) is 0. The fourth-order valence-corrected chi connectivity index (χ4v) is 2.55. The molecule has 100 valence electrons. The van der Waals surface area contributed by atoms with Gasteiger partial charge in [0, 0.05) is 6.54 Å². The Morgan fingerprint density at radius 3 is 2.59 bits per heavy atom. The summed E-state index contributed by atoms with van der Waals surface area (Å²) in [5.74, 6) is 1.23. The van der Waals surface area contributed by atoms with Gasteiger partial charge in [-0.05, 0) is 37.5 Å². The third-order valence-corrected chi connectivity index (χ3v) is 4.09. The van der Waals surface area contributed by atoms with E-state index in [1.807, 2.05) is 0 Å². The molecule has 1 saturated carbocycles. The minimum Gasteiger partial charge on any atom is -0.462 e. The SMILES string of the molecule is CCCC(CN)C(=O)OC1CCC(C)C(C)C1. The first-order chi connectivity index (χ1) is 8.08. The normalized spacial score (nSPS) is 30.9. The fraction of sp³-hybridized carbons (Fsp3) is 0.929. The van der Waals surface area contributed by atoms with Crippen molar-refractivity contribution in [1.29, 1.82) is 0 Å². The molecule has 2 N–H and O–H groups in total. The molecule has 0 aromatic heterocycles. The molecule has 1 rings (SSSR count). The highest BCUT2D eigenvalue weighted by atomic mass is 16.5. The Kier molecular flexibility index (Phi) is 5.96. The summed E-state index contributed by atoms with van der Waals surface area (Å²) in [6.07, 6.45) is 5.14. The lowest BCUT2D eigenvalue weighted by Crippen LogP contribution is -2.33. The molecule has 1 aliphatic rings. The molecule has 0 aromatic rings. The van der Waals surface area contributed by atoms with Gasteiger partial charge in [-0.2, -0.15) is 0 Å². The van der Waals surface area contributed by atoms with E-state index in [2.05, 4.69) is 20.8 Å². The molecule has 1 aliphatic carbocycles. The predicted molar refractivity (Wildman–Crippen MR) is 69.5 cm³/mol. The van der Waals surface area contributed by atoms with E-state index in [-0.39, 0.29) is 18.0 Å². The van der Waals surface area contributed by atoms with Gasteiger partial charge in [-0.1, -0.05) is 27.2 Å². The number of nitrogens with two attached hydrogens (primary N) is 1. The maximum atomic E-state index is 11.9. The van der Waals surface area contributed by atoms with E-state index in [1.54, 1.807) is 0 Å². The quantitative estimate of drug-likeness (QED) is 0.753. The lowest BCUT2D eigenvalue weighted by atomic mass is 9.80. The van der Waals surface area contributed by atoms with Crippen LogP contribution < -0.4 is 5.73 Å². The number of ether oxygens (including phenoxy) is 1. The molecule has 0 aromatic carbocycles. The minimum atomic E-state index is -0.102. The van der Waals surface area contributed by atoms with Crippen molar-refractivity contribution >= 4 is 5.97 Å². The van der Waals surface area contributed by atoms with Crippen molar-refractivity contribution in [1.82, 2.24) is 0 Å². The number of carbonyl (C=O) groups is 1. The second-order valence-electron chi connectivity index (χ2n) is 5.55. The van der Waals surface area contributed by atoms with Crippen LogP contribution in [-0.4, -0.2) is 18.6 Å². The number of carbonyl (C=O) groups excluding carboxylic acids is 1. The number of esters is 1. The Hall–Kier alpha value is -0.570. The first-order valence-electron chi connectivity index (χ1n) is 6.99. The third-order valence-electron chi connectivity index (χ3n) is 4.09. The summed E-state index contributed by atoms with van der Waals surface area (Å²) >= 11 is 0. The molecule has 0 amide bonds. The van der Waals surface area contributed by atoms with Gasteiger partial charge >= 0.3 is 5.97 Å². The Morgan fingerprint density at radius 1 is 1.35 bits per heavy atom. The Balaban J connectivity index is 2.40. The van der Waals surface area contributed by atoms with Gasteiger partial charge < -0.3 is 10.5 Å². The Labute approximate surface area is 105 Å². The lowest BCUT2D eigenvalue weighted by Gasteiger charge is -2.32. The fourth-order valence-electron chi connectivity index (χ4n) is 2.55. The molecule has 0 aliphatic heterocycles. The van der Waals surface area contributed by atoms with E-state index in [4.69, 9.17) is 10.5 Å². The summed E-state index contributed by atoms with van der Waals surface area (Å²) in [4.78, 5) is 11.9. The van der Waals surface area contributed by atoms with Crippen LogP contribution in [0.2, 0.25) is 0 Å². The van der Waals surface area contributed by atoms with Gasteiger partial charge in [0.2, 0.25) is 0 Å². The predicted octanol–water partition coefficient (Wildman–Crippen LogP) is 2.73. The maximum absolute atomic E-state index is 11.9. The summed E-state index contributed by atoms with van der Waals surface area (Å²) in [5, 5.41) is 0. The van der Waals surface area contributed by atoms with E-state index in [9.17, 15) is 4.79 Å². The van der Waals surface area contributed by atoms with Gasteiger partial charge in [-0.15, -0.1) is 0 Å². The number of rotatable bonds is 5. The van der Waals surface area contributed by atoms with Crippen LogP contribution in [0.5, 0.6) is 0 Å². The van der Waals surface area contributed by atoms with Crippen LogP contribution in [0.15, 0.2) is 0 Å². The van der Waals surface area contributed by atoms with Crippen molar-refractivity contribution in [3.8, 4) is 0 Å². The van der Waals surface area contributed by atoms with Crippen molar-refractivity contribution in [2.75, 3.05) is 6.54 Å². The van der Waals surface area contributed by atoms with E-state index < -0.39 is 0 Å². The summed E-state index contributed by atoms with van der Waals surface area (Å²) in [5.41, 5.74) is 5.61. The second kappa shape index (κ2) is 7.00. The molecular formula is C14H27NO2. The van der Waals surface area contributed by atoms with Crippen molar-refractivity contribution < 1.29 is 9.53 Å². The van der Waals surface area contributed by atoms with E-state index in [0.717, 1.165) is 31.6 Å².